The topological polar surface area (TPSA) is 71.7 Å². The van der Waals surface area contributed by atoms with Gasteiger partial charge >= 0.3 is 5.97 Å². The average Bonchev–Trinajstić information content (AvgIpc) is 3.11. The number of benzene rings is 2. The Hall–Kier alpha value is -3.51. The van der Waals surface area contributed by atoms with E-state index in [0.29, 0.717) is 27.5 Å². The first-order chi connectivity index (χ1) is 13.6. The van der Waals surface area contributed by atoms with E-state index in [0.717, 1.165) is 16.9 Å². The molecule has 2 aromatic heterocycles. The quantitative estimate of drug-likeness (QED) is 0.555. The molecule has 0 bridgehead atoms. The van der Waals surface area contributed by atoms with Crippen molar-refractivity contribution in [2.75, 3.05) is 0 Å². The zero-order chi connectivity index (χ0) is 19.7. The summed E-state index contributed by atoms with van der Waals surface area (Å²) >= 11 is 1.00. The maximum Gasteiger partial charge on any atom is 0.348 e. The largest absolute Gasteiger partial charge is 0.477 e. The number of hydrogen-bond acceptors (Lipinski definition) is 4. The molecule has 0 unspecified atom stereocenters. The van der Waals surface area contributed by atoms with Crippen LogP contribution in [0.3, 0.4) is 0 Å². The summed E-state index contributed by atoms with van der Waals surface area (Å²) in [6.07, 6.45) is 3.67. The second-order valence-corrected chi connectivity index (χ2v) is 7.22. The van der Waals surface area contributed by atoms with E-state index in [1.54, 1.807) is 25.1 Å². The van der Waals surface area contributed by atoms with Gasteiger partial charge in [0.2, 0.25) is 0 Å². The van der Waals surface area contributed by atoms with E-state index in [2.05, 4.69) is 4.98 Å². The monoisotopic (exact) mass is 388 g/mol. The van der Waals surface area contributed by atoms with Crippen LogP contribution in [0.15, 0.2) is 65.5 Å². The lowest BCUT2D eigenvalue weighted by Crippen LogP contribution is -2.19. The van der Waals surface area contributed by atoms with Gasteiger partial charge in [0.15, 0.2) is 4.96 Å². The number of aromatic carboxylic acids is 1. The minimum atomic E-state index is -1.08. The van der Waals surface area contributed by atoms with Crippen LogP contribution in [0.2, 0.25) is 0 Å². The highest BCUT2D eigenvalue weighted by atomic mass is 32.1. The Bertz CT molecular complexity index is 1260. The Morgan fingerprint density at radius 1 is 1.04 bits per heavy atom. The van der Waals surface area contributed by atoms with E-state index in [4.69, 9.17) is 0 Å². The van der Waals surface area contributed by atoms with Crippen molar-refractivity contribution in [1.29, 1.82) is 0 Å². The number of rotatable bonds is 4. The van der Waals surface area contributed by atoms with Gasteiger partial charge in [-0.2, -0.15) is 0 Å². The molecule has 0 aliphatic rings. The van der Waals surface area contributed by atoms with Gasteiger partial charge < -0.3 is 5.11 Å². The second-order valence-electron chi connectivity index (χ2n) is 6.24. The number of aromatic nitrogens is 2. The van der Waals surface area contributed by atoms with Crippen molar-refractivity contribution < 1.29 is 9.90 Å². The number of thiazole rings is 1. The molecule has 6 heteroatoms. The van der Waals surface area contributed by atoms with Crippen molar-refractivity contribution in [3.8, 4) is 11.3 Å². The highest BCUT2D eigenvalue weighted by Gasteiger charge is 2.22. The third-order valence-electron chi connectivity index (χ3n) is 4.42. The standard InChI is InChI=1S/C22H16N2O3S/c1-14-17(13-12-15-8-4-2-5-9-15)23-22-24(20(14)25)18(19(28-22)21(26)27)16-10-6-3-7-11-16/h2-13H,1H3,(H,26,27)/b13-12+. The average molecular weight is 388 g/mol. The second kappa shape index (κ2) is 7.25. The Labute approximate surface area is 164 Å². The molecule has 4 aromatic rings. The number of hydrogen-bond donors (Lipinski definition) is 1. The van der Waals surface area contributed by atoms with Crippen LogP contribution in [0.5, 0.6) is 0 Å². The number of nitrogens with zero attached hydrogens (tertiary/aromatic N) is 2. The van der Waals surface area contributed by atoms with Crippen LogP contribution >= 0.6 is 11.3 Å². The molecule has 1 N–H and O–H groups in total. The molecule has 5 nitrogen and oxygen atoms in total. The summed E-state index contributed by atoms with van der Waals surface area (Å²) in [5.74, 6) is -1.08. The third kappa shape index (κ3) is 3.14. The summed E-state index contributed by atoms with van der Waals surface area (Å²) in [6, 6.07) is 18.8. The number of fused-ring (bicyclic) bond motifs is 1. The van der Waals surface area contributed by atoms with Gasteiger partial charge in [0.05, 0.1) is 11.4 Å². The molecule has 0 aliphatic heterocycles. The van der Waals surface area contributed by atoms with Crippen LogP contribution in [-0.2, 0) is 0 Å². The zero-order valence-electron chi connectivity index (χ0n) is 15.0. The fourth-order valence-corrected chi connectivity index (χ4v) is 4.00. The van der Waals surface area contributed by atoms with Gasteiger partial charge in [0.1, 0.15) is 4.88 Å². The number of carbonyl (C=O) groups is 1. The molecule has 4 rings (SSSR count). The van der Waals surface area contributed by atoms with Crippen molar-refractivity contribution in [1.82, 2.24) is 9.38 Å². The number of carboxylic acids is 1. The van der Waals surface area contributed by atoms with Crippen LogP contribution < -0.4 is 5.56 Å². The maximum atomic E-state index is 13.1. The molecule has 0 aliphatic carbocycles. The Morgan fingerprint density at radius 3 is 2.32 bits per heavy atom. The minimum Gasteiger partial charge on any atom is -0.477 e. The number of carboxylic acid groups (broad SMARTS) is 1. The van der Waals surface area contributed by atoms with E-state index in [-0.39, 0.29) is 10.4 Å². The molecule has 0 radical (unpaired) electrons. The van der Waals surface area contributed by atoms with Crippen molar-refractivity contribution >= 4 is 34.4 Å². The molecule has 138 valence electrons. The maximum absolute atomic E-state index is 13.1. The zero-order valence-corrected chi connectivity index (χ0v) is 15.8. The molecule has 2 heterocycles. The summed E-state index contributed by atoms with van der Waals surface area (Å²) in [4.78, 5) is 29.9. The van der Waals surface area contributed by atoms with Gasteiger partial charge in [-0.15, -0.1) is 0 Å². The van der Waals surface area contributed by atoms with Crippen molar-refractivity contribution in [2.24, 2.45) is 0 Å². The van der Waals surface area contributed by atoms with E-state index in [1.807, 2.05) is 54.6 Å². The van der Waals surface area contributed by atoms with Crippen molar-refractivity contribution in [3.05, 3.63) is 92.7 Å². The normalized spacial score (nSPS) is 11.3. The molecule has 0 atom stereocenters. The molecular weight excluding hydrogens is 372 g/mol. The first kappa shape index (κ1) is 17.9. The smallest absolute Gasteiger partial charge is 0.348 e. The van der Waals surface area contributed by atoms with E-state index in [9.17, 15) is 14.7 Å². The lowest BCUT2D eigenvalue weighted by atomic mass is 10.1. The predicted molar refractivity (Wildman–Crippen MR) is 112 cm³/mol. The highest BCUT2D eigenvalue weighted by molar-refractivity contribution is 7.19. The van der Waals surface area contributed by atoms with Crippen molar-refractivity contribution in [2.45, 2.75) is 6.92 Å². The molecule has 0 amide bonds. The Balaban J connectivity index is 1.94. The summed E-state index contributed by atoms with van der Waals surface area (Å²) < 4.78 is 1.40. The van der Waals surface area contributed by atoms with Gasteiger partial charge in [-0.05, 0) is 18.6 Å². The summed E-state index contributed by atoms with van der Waals surface area (Å²) in [5.41, 5.74) is 2.77. The highest BCUT2D eigenvalue weighted by Crippen LogP contribution is 2.30. The lowest BCUT2D eigenvalue weighted by molar-refractivity contribution is 0.0702. The molecule has 0 spiro atoms. The van der Waals surface area contributed by atoms with Crippen LogP contribution in [0.25, 0.3) is 28.4 Å². The first-order valence-corrected chi connectivity index (χ1v) is 9.46. The van der Waals surface area contributed by atoms with Crippen LogP contribution in [-0.4, -0.2) is 20.5 Å². The van der Waals surface area contributed by atoms with Crippen LogP contribution in [0.4, 0.5) is 0 Å². The van der Waals surface area contributed by atoms with Gasteiger partial charge in [0.25, 0.3) is 5.56 Å². The molecule has 0 fully saturated rings. The lowest BCUT2D eigenvalue weighted by Gasteiger charge is -2.05. The van der Waals surface area contributed by atoms with Crippen molar-refractivity contribution in [3.63, 3.8) is 0 Å². The summed E-state index contributed by atoms with van der Waals surface area (Å²) in [6.45, 7) is 1.71. The Kier molecular flexibility index (Phi) is 4.63. The molecular formula is C22H16N2O3S. The van der Waals surface area contributed by atoms with E-state index in [1.165, 1.54) is 4.40 Å². The third-order valence-corrected chi connectivity index (χ3v) is 5.45. The fourth-order valence-electron chi connectivity index (χ4n) is 3.01. The van der Waals surface area contributed by atoms with Crippen LogP contribution in [0, 0.1) is 6.92 Å². The fraction of sp³-hybridized carbons (Fsp3) is 0.0455. The summed E-state index contributed by atoms with van der Waals surface area (Å²) in [7, 11) is 0. The van der Waals surface area contributed by atoms with Crippen LogP contribution in [0.1, 0.15) is 26.5 Å². The van der Waals surface area contributed by atoms with Gasteiger partial charge in [-0.1, -0.05) is 78.1 Å². The minimum absolute atomic E-state index is 0.0967. The van der Waals surface area contributed by atoms with Gasteiger partial charge in [-0.25, -0.2) is 14.2 Å². The molecule has 0 saturated heterocycles. The molecule has 0 saturated carbocycles. The van der Waals surface area contributed by atoms with E-state index >= 15 is 0 Å². The molecule has 2 aromatic carbocycles. The van der Waals surface area contributed by atoms with Gasteiger partial charge in [0, 0.05) is 11.1 Å². The SMILES string of the molecule is Cc1c(/C=C/c2ccccc2)nc2sc(C(=O)O)c(-c3ccccc3)n2c1=O. The summed E-state index contributed by atoms with van der Waals surface area (Å²) in [5, 5.41) is 9.66. The first-order valence-electron chi connectivity index (χ1n) is 8.64. The van der Waals surface area contributed by atoms with E-state index < -0.39 is 5.97 Å². The van der Waals surface area contributed by atoms with Gasteiger partial charge in [-0.3, -0.25) is 4.79 Å². The molecule has 28 heavy (non-hydrogen) atoms. The predicted octanol–water partition coefficient (Wildman–Crippen LogP) is 4.60. The Morgan fingerprint density at radius 2 is 1.68 bits per heavy atom.